The third-order valence-electron chi connectivity index (χ3n) is 3.13. The number of halogens is 1. The van der Waals surface area contributed by atoms with E-state index in [-0.39, 0.29) is 30.1 Å². The number of aryl methyl sites for hydroxylation is 1. The third-order valence-corrected chi connectivity index (χ3v) is 3.13. The molecule has 126 valence electrons. The summed E-state index contributed by atoms with van der Waals surface area (Å²) in [7, 11) is 0. The van der Waals surface area contributed by atoms with Gasteiger partial charge in [-0.25, -0.2) is 9.37 Å². The van der Waals surface area contributed by atoms with Crippen molar-refractivity contribution in [2.75, 3.05) is 0 Å². The van der Waals surface area contributed by atoms with Crippen LogP contribution in [0.3, 0.4) is 0 Å². The Morgan fingerprint density at radius 3 is 2.50 bits per heavy atom. The largest absolute Gasteiger partial charge is 0.441 e. The number of benzene rings is 1. The minimum Gasteiger partial charge on any atom is -0.441 e. The highest BCUT2D eigenvalue weighted by molar-refractivity contribution is 6.05. The number of nitrogens with one attached hydrogen (secondary N) is 1. The Morgan fingerprint density at radius 2 is 1.88 bits per heavy atom. The number of oxazole rings is 1. The van der Waals surface area contributed by atoms with Crippen LogP contribution in [0.15, 0.2) is 34.9 Å². The number of hydrogen-bond acceptors (Lipinski definition) is 5. The summed E-state index contributed by atoms with van der Waals surface area (Å²) in [6.45, 7) is 0. The van der Waals surface area contributed by atoms with E-state index in [0.717, 1.165) is 0 Å². The molecule has 0 spiro atoms. The van der Waals surface area contributed by atoms with Crippen molar-refractivity contribution in [2.45, 2.75) is 18.9 Å². The molecule has 1 aromatic heterocycles. The van der Waals surface area contributed by atoms with Crippen molar-refractivity contribution in [3.63, 3.8) is 0 Å². The number of hydrogen-bond donors (Lipinski definition) is 3. The fourth-order valence-electron chi connectivity index (χ4n) is 1.95. The molecule has 0 saturated carbocycles. The fourth-order valence-corrected chi connectivity index (χ4v) is 1.95. The van der Waals surface area contributed by atoms with Crippen molar-refractivity contribution >= 4 is 17.7 Å². The summed E-state index contributed by atoms with van der Waals surface area (Å²) in [5.74, 6) is -2.73. The highest BCUT2D eigenvalue weighted by atomic mass is 19.1. The maximum atomic E-state index is 13.7. The monoisotopic (exact) mass is 334 g/mol. The highest BCUT2D eigenvalue weighted by Gasteiger charge is 2.23. The minimum absolute atomic E-state index is 0.0878. The fraction of sp³-hybridized carbons (Fsp3) is 0.200. The van der Waals surface area contributed by atoms with Gasteiger partial charge in [0.15, 0.2) is 17.7 Å². The number of carbonyl (C=O) groups excluding carboxylic acids is 3. The van der Waals surface area contributed by atoms with Gasteiger partial charge in [0.2, 0.25) is 17.7 Å². The Labute approximate surface area is 136 Å². The van der Waals surface area contributed by atoms with Gasteiger partial charge in [-0.15, -0.1) is 0 Å². The van der Waals surface area contributed by atoms with E-state index >= 15 is 0 Å². The van der Waals surface area contributed by atoms with Crippen LogP contribution in [0.25, 0.3) is 11.3 Å². The lowest BCUT2D eigenvalue weighted by atomic mass is 10.2. The van der Waals surface area contributed by atoms with Crippen molar-refractivity contribution in [2.24, 2.45) is 11.5 Å². The minimum atomic E-state index is -1.57. The van der Waals surface area contributed by atoms with Gasteiger partial charge in [0.05, 0.1) is 11.8 Å². The lowest BCUT2D eigenvalue weighted by Crippen LogP contribution is -2.52. The van der Waals surface area contributed by atoms with E-state index in [1.165, 1.54) is 18.3 Å². The van der Waals surface area contributed by atoms with Crippen LogP contribution in [-0.4, -0.2) is 28.7 Å². The number of nitrogens with two attached hydrogens (primary N) is 2. The molecule has 9 heteroatoms. The lowest BCUT2D eigenvalue weighted by Gasteiger charge is -2.11. The maximum absolute atomic E-state index is 13.7. The van der Waals surface area contributed by atoms with Crippen LogP contribution in [0.4, 0.5) is 4.39 Å². The summed E-state index contributed by atoms with van der Waals surface area (Å²) < 4.78 is 19.0. The predicted octanol–water partition coefficient (Wildman–Crippen LogP) is -0.131. The third kappa shape index (κ3) is 4.15. The van der Waals surface area contributed by atoms with Crippen molar-refractivity contribution in [3.8, 4) is 11.3 Å². The molecule has 0 aliphatic rings. The molecule has 0 saturated heterocycles. The summed E-state index contributed by atoms with van der Waals surface area (Å²) in [6, 6.07) is 4.46. The molecule has 0 aliphatic heterocycles. The molecule has 3 amide bonds. The van der Waals surface area contributed by atoms with Crippen LogP contribution in [0.1, 0.15) is 12.3 Å². The number of aromatic nitrogens is 1. The molecule has 0 bridgehead atoms. The van der Waals surface area contributed by atoms with Crippen LogP contribution in [0.5, 0.6) is 0 Å². The van der Waals surface area contributed by atoms with Gasteiger partial charge >= 0.3 is 0 Å². The molecule has 24 heavy (non-hydrogen) atoms. The molecule has 0 unspecified atom stereocenters. The van der Waals surface area contributed by atoms with E-state index in [2.05, 4.69) is 10.3 Å². The average Bonchev–Trinajstić information content (AvgIpc) is 2.99. The molecule has 8 nitrogen and oxygen atoms in total. The van der Waals surface area contributed by atoms with Gasteiger partial charge in [-0.3, -0.25) is 14.4 Å². The Balaban J connectivity index is 1.96. The number of amides is 3. The van der Waals surface area contributed by atoms with Gasteiger partial charge in [0.25, 0.3) is 0 Å². The van der Waals surface area contributed by atoms with Crippen molar-refractivity contribution in [1.29, 1.82) is 0 Å². The SMILES string of the molecule is NC(=O)C(NC(=O)CCc1ncc(-c2ccccc2F)o1)C(N)=O. The van der Waals surface area contributed by atoms with Gasteiger partial charge in [0, 0.05) is 12.8 Å². The Morgan fingerprint density at radius 1 is 1.21 bits per heavy atom. The first-order valence-electron chi connectivity index (χ1n) is 6.96. The molecule has 0 atom stereocenters. The molecule has 0 fully saturated rings. The van der Waals surface area contributed by atoms with E-state index in [0.29, 0.717) is 0 Å². The van der Waals surface area contributed by atoms with Gasteiger partial charge in [0.1, 0.15) is 5.82 Å². The van der Waals surface area contributed by atoms with E-state index in [4.69, 9.17) is 15.9 Å². The molecule has 1 heterocycles. The first kappa shape index (κ1) is 17.1. The first-order valence-corrected chi connectivity index (χ1v) is 6.96. The van der Waals surface area contributed by atoms with Crippen LogP contribution in [0.2, 0.25) is 0 Å². The second-order valence-electron chi connectivity index (χ2n) is 4.90. The Hall–Kier alpha value is -3.23. The second-order valence-corrected chi connectivity index (χ2v) is 4.90. The van der Waals surface area contributed by atoms with Crippen LogP contribution < -0.4 is 16.8 Å². The zero-order valence-electron chi connectivity index (χ0n) is 12.5. The van der Waals surface area contributed by atoms with E-state index in [1.807, 2.05) is 0 Å². The van der Waals surface area contributed by atoms with Crippen molar-refractivity contribution < 1.29 is 23.2 Å². The standard InChI is InChI=1S/C15H15FN4O4/c16-9-4-2-1-3-8(9)10-7-19-12(24-10)6-5-11(21)20-13(14(17)22)15(18)23/h1-4,7,13H,5-6H2,(H2,17,22)(H2,18,23)(H,20,21). The van der Waals surface area contributed by atoms with E-state index in [1.54, 1.807) is 12.1 Å². The van der Waals surface area contributed by atoms with Gasteiger partial charge < -0.3 is 21.2 Å². The van der Waals surface area contributed by atoms with E-state index in [9.17, 15) is 18.8 Å². The van der Waals surface area contributed by atoms with Crippen molar-refractivity contribution in [3.05, 3.63) is 42.2 Å². The maximum Gasteiger partial charge on any atom is 0.249 e. The van der Waals surface area contributed by atoms with Gasteiger partial charge in [-0.05, 0) is 12.1 Å². The number of carbonyl (C=O) groups is 3. The first-order chi connectivity index (χ1) is 11.4. The Bertz CT molecular complexity index is 760. The van der Waals surface area contributed by atoms with Gasteiger partial charge in [-0.1, -0.05) is 12.1 Å². The zero-order chi connectivity index (χ0) is 17.7. The second kappa shape index (κ2) is 7.36. The number of rotatable bonds is 7. The molecule has 5 N–H and O–H groups in total. The van der Waals surface area contributed by atoms with Crippen LogP contribution in [-0.2, 0) is 20.8 Å². The lowest BCUT2D eigenvalue weighted by molar-refractivity contribution is -0.134. The molecular formula is C15H15FN4O4. The molecule has 0 radical (unpaired) electrons. The molecule has 2 rings (SSSR count). The molecule has 1 aromatic carbocycles. The highest BCUT2D eigenvalue weighted by Crippen LogP contribution is 2.23. The average molecular weight is 334 g/mol. The topological polar surface area (TPSA) is 141 Å². The molecule has 0 aliphatic carbocycles. The quantitative estimate of drug-likeness (QED) is 0.605. The summed E-state index contributed by atoms with van der Waals surface area (Å²) >= 11 is 0. The van der Waals surface area contributed by atoms with E-state index < -0.39 is 29.6 Å². The summed E-state index contributed by atoms with van der Waals surface area (Å²) in [5.41, 5.74) is 10.2. The smallest absolute Gasteiger partial charge is 0.249 e. The molecular weight excluding hydrogens is 319 g/mol. The summed E-state index contributed by atoms with van der Waals surface area (Å²) in [5, 5.41) is 2.12. The van der Waals surface area contributed by atoms with Crippen LogP contribution in [0, 0.1) is 5.82 Å². The predicted molar refractivity (Wildman–Crippen MR) is 80.5 cm³/mol. The zero-order valence-corrected chi connectivity index (χ0v) is 12.5. The van der Waals surface area contributed by atoms with Crippen molar-refractivity contribution in [1.82, 2.24) is 10.3 Å². The Kier molecular flexibility index (Phi) is 5.25. The van der Waals surface area contributed by atoms with Crippen LogP contribution >= 0.6 is 0 Å². The summed E-state index contributed by atoms with van der Waals surface area (Å²) in [4.78, 5) is 37.6. The molecule has 2 aromatic rings. The number of primary amides is 2. The number of nitrogens with zero attached hydrogens (tertiary/aromatic N) is 1. The normalized spacial score (nSPS) is 10.6. The van der Waals surface area contributed by atoms with Gasteiger partial charge in [-0.2, -0.15) is 0 Å². The summed E-state index contributed by atoms with van der Waals surface area (Å²) in [6.07, 6.45) is 1.32.